The van der Waals surface area contributed by atoms with Gasteiger partial charge in [-0.2, -0.15) is 0 Å². The summed E-state index contributed by atoms with van der Waals surface area (Å²) < 4.78 is 21.4. The maximum absolute atomic E-state index is 12.8. The number of nitrogens with zero attached hydrogens (tertiary/aromatic N) is 2. The van der Waals surface area contributed by atoms with E-state index in [4.69, 9.17) is 23.8 Å². The minimum atomic E-state index is -1.55. The van der Waals surface area contributed by atoms with Gasteiger partial charge >= 0.3 is 5.97 Å². The number of ether oxygens (including phenoxy) is 4. The van der Waals surface area contributed by atoms with Crippen molar-refractivity contribution in [2.75, 3.05) is 45.9 Å². The summed E-state index contributed by atoms with van der Waals surface area (Å²) in [5.41, 5.74) is 0. The molecule has 0 aliphatic carbocycles. The Hall–Kier alpha value is -3.42. The fraction of sp³-hybridized carbons (Fsp3) is 0.793. The van der Waals surface area contributed by atoms with Crippen molar-refractivity contribution in [3.8, 4) is 0 Å². The lowest BCUT2D eigenvalue weighted by atomic mass is 10.0. The van der Waals surface area contributed by atoms with Crippen molar-refractivity contribution in [1.82, 2.24) is 25.9 Å². The van der Waals surface area contributed by atoms with Crippen LogP contribution in [-0.2, 0) is 52.6 Å². The normalized spacial score (nSPS) is 31.7. The molecule has 3 fully saturated rings. The third kappa shape index (κ3) is 12.1. The number of aliphatic hydroxyl groups excluding tert-OH is 6. The van der Waals surface area contributed by atoms with E-state index in [1.165, 1.54) is 20.8 Å². The topological polar surface area (TPSA) is 313 Å². The highest BCUT2D eigenvalue weighted by atomic mass is 16.7. The number of hydrogen-bond acceptors (Lipinski definition) is 18. The van der Waals surface area contributed by atoms with Gasteiger partial charge in [-0.05, 0) is 20.8 Å². The van der Waals surface area contributed by atoms with Crippen molar-refractivity contribution in [1.29, 1.82) is 0 Å². The van der Waals surface area contributed by atoms with Gasteiger partial charge in [-0.25, -0.2) is 4.79 Å². The average Bonchev–Trinajstić information content (AvgIpc) is 3.39. The highest BCUT2D eigenvalue weighted by Crippen LogP contribution is 2.22. The van der Waals surface area contributed by atoms with E-state index in [0.29, 0.717) is 5.06 Å². The predicted octanol–water partition coefficient (Wildman–Crippen LogP) is -6.68. The lowest BCUT2D eigenvalue weighted by Gasteiger charge is -2.38. The van der Waals surface area contributed by atoms with Gasteiger partial charge in [-0.3, -0.25) is 28.9 Å². The van der Waals surface area contributed by atoms with Gasteiger partial charge < -0.3 is 70.4 Å². The Bertz CT molecular complexity index is 1170. The second-order valence-corrected chi connectivity index (χ2v) is 12.2. The molecule has 51 heavy (non-hydrogen) atoms. The zero-order valence-electron chi connectivity index (χ0n) is 28.3. The van der Waals surface area contributed by atoms with E-state index in [0.717, 1.165) is 4.90 Å². The van der Waals surface area contributed by atoms with Gasteiger partial charge in [0.25, 0.3) is 11.8 Å². The van der Waals surface area contributed by atoms with Crippen LogP contribution in [0.2, 0.25) is 0 Å². The standard InChI is InChI=1S/C29H47N5O17/c1-13(27(46)51-34-19(38)4-5-20(34)39)32-18(37)12-33(10-16(35)30-6-8-47-28-25(44)23(42)21(40)14(2)49-28)11-17(36)31-7-9-48-29-26(45)24(43)22(41)15(3)50-29/h13-15,21-26,28-29,40-45H,4-12H2,1-3H3,(H,30,35)(H,31,36)(H,32,37)/t13-,14-,15-,21+,22+,23+,24+,25-,26-,28+,29+/m0/s1. The monoisotopic (exact) mass is 737 g/mol. The highest BCUT2D eigenvalue weighted by Gasteiger charge is 2.43. The van der Waals surface area contributed by atoms with Crippen LogP contribution in [0, 0.1) is 0 Å². The van der Waals surface area contributed by atoms with Crippen LogP contribution < -0.4 is 16.0 Å². The molecule has 3 rings (SSSR count). The number of carbonyl (C=O) groups is 6. The van der Waals surface area contributed by atoms with Gasteiger partial charge in [0.2, 0.25) is 17.7 Å². The summed E-state index contributed by atoms with van der Waals surface area (Å²) in [6.45, 7) is 1.91. The minimum absolute atomic E-state index is 0.127. The molecule has 0 unspecified atom stereocenters. The Morgan fingerprint density at radius 1 is 0.725 bits per heavy atom. The Balaban J connectivity index is 1.51. The number of hydrogen-bond donors (Lipinski definition) is 9. The van der Waals surface area contributed by atoms with Crippen LogP contribution in [0.25, 0.3) is 0 Å². The molecule has 22 nitrogen and oxygen atoms in total. The van der Waals surface area contributed by atoms with Crippen LogP contribution in [0.5, 0.6) is 0 Å². The first-order valence-electron chi connectivity index (χ1n) is 16.2. The highest BCUT2D eigenvalue weighted by molar-refractivity contribution is 6.02. The zero-order chi connectivity index (χ0) is 38.0. The van der Waals surface area contributed by atoms with Crippen LogP contribution in [-0.4, -0.2) is 189 Å². The first-order chi connectivity index (χ1) is 24.0. The molecule has 3 heterocycles. The maximum atomic E-state index is 12.8. The summed E-state index contributed by atoms with van der Waals surface area (Å²) in [6.07, 6.45) is -13.3. The van der Waals surface area contributed by atoms with Gasteiger partial charge in [0.1, 0.15) is 42.7 Å². The molecule has 22 heteroatoms. The number of imide groups is 1. The molecule has 9 N–H and O–H groups in total. The fourth-order valence-electron chi connectivity index (χ4n) is 5.10. The molecule has 0 spiro atoms. The van der Waals surface area contributed by atoms with Gasteiger partial charge in [0.15, 0.2) is 12.6 Å². The lowest BCUT2D eigenvalue weighted by Crippen LogP contribution is -2.57. The Morgan fingerprint density at radius 3 is 1.57 bits per heavy atom. The molecule has 5 amide bonds. The van der Waals surface area contributed by atoms with Crippen molar-refractivity contribution in [2.24, 2.45) is 0 Å². The fourth-order valence-corrected chi connectivity index (χ4v) is 5.10. The van der Waals surface area contributed by atoms with E-state index in [1.807, 2.05) is 0 Å². The Labute approximate surface area is 291 Å². The first-order valence-corrected chi connectivity index (χ1v) is 16.2. The molecule has 0 radical (unpaired) electrons. The Morgan fingerprint density at radius 2 is 1.14 bits per heavy atom. The van der Waals surface area contributed by atoms with E-state index in [9.17, 15) is 59.4 Å². The molecule has 0 saturated carbocycles. The molecule has 3 saturated heterocycles. The van der Waals surface area contributed by atoms with Crippen molar-refractivity contribution in [3.63, 3.8) is 0 Å². The number of hydroxylamine groups is 2. The molecule has 11 atom stereocenters. The first kappa shape index (κ1) is 42.0. The van der Waals surface area contributed by atoms with Gasteiger partial charge in [-0.15, -0.1) is 5.06 Å². The van der Waals surface area contributed by atoms with Crippen LogP contribution in [0.4, 0.5) is 0 Å². The van der Waals surface area contributed by atoms with Crippen LogP contribution in [0.1, 0.15) is 33.6 Å². The molecule has 0 bridgehead atoms. The van der Waals surface area contributed by atoms with Gasteiger partial charge in [-0.1, -0.05) is 0 Å². The van der Waals surface area contributed by atoms with Crippen molar-refractivity contribution < 1.29 is 83.2 Å². The SMILES string of the molecule is C[C@H](NC(=O)CN(CC(=O)NCCO[C@@H]1O[C@@H](C)[C@@H](O)[C@@H](O)[C@@H]1O)CC(=O)NCCO[C@@H]1O[C@@H](C)[C@@H](O)[C@@H](O)[C@@H]1O)C(=O)ON1C(=O)CCC1=O. The number of carbonyl (C=O) groups excluding carboxylic acids is 6. The largest absolute Gasteiger partial charge is 0.388 e. The second kappa shape index (κ2) is 19.4. The maximum Gasteiger partial charge on any atom is 0.354 e. The second-order valence-electron chi connectivity index (χ2n) is 12.2. The van der Waals surface area contributed by atoms with Crippen LogP contribution in [0.3, 0.4) is 0 Å². The van der Waals surface area contributed by atoms with E-state index >= 15 is 0 Å². The molecule has 290 valence electrons. The van der Waals surface area contributed by atoms with Gasteiger partial charge in [0.05, 0.1) is 45.1 Å². The van der Waals surface area contributed by atoms with E-state index in [1.54, 1.807) is 0 Å². The van der Waals surface area contributed by atoms with Gasteiger partial charge in [0, 0.05) is 25.9 Å². The number of nitrogens with one attached hydrogen (secondary N) is 3. The summed E-state index contributed by atoms with van der Waals surface area (Å²) in [5.74, 6) is -4.72. The summed E-state index contributed by atoms with van der Waals surface area (Å²) in [6, 6.07) is -1.34. The van der Waals surface area contributed by atoms with Crippen molar-refractivity contribution in [3.05, 3.63) is 0 Å². The molecule has 3 aliphatic rings. The quantitative estimate of drug-likeness (QED) is 0.0495. The van der Waals surface area contributed by atoms with Crippen LogP contribution in [0.15, 0.2) is 0 Å². The molecule has 0 aromatic rings. The van der Waals surface area contributed by atoms with E-state index in [2.05, 4.69) is 16.0 Å². The third-order valence-corrected chi connectivity index (χ3v) is 8.05. The number of amides is 5. The van der Waals surface area contributed by atoms with Crippen molar-refractivity contribution >= 4 is 35.5 Å². The summed E-state index contributed by atoms with van der Waals surface area (Å²) >= 11 is 0. The predicted molar refractivity (Wildman–Crippen MR) is 164 cm³/mol. The molecule has 0 aromatic heterocycles. The number of rotatable bonds is 17. The van der Waals surface area contributed by atoms with Crippen molar-refractivity contribution in [2.45, 2.75) is 101 Å². The minimum Gasteiger partial charge on any atom is -0.388 e. The summed E-state index contributed by atoms with van der Waals surface area (Å²) in [7, 11) is 0. The smallest absolute Gasteiger partial charge is 0.354 e. The molecular formula is C29H47N5O17. The molecular weight excluding hydrogens is 690 g/mol. The lowest BCUT2D eigenvalue weighted by molar-refractivity contribution is -0.292. The number of aliphatic hydroxyl groups is 6. The van der Waals surface area contributed by atoms with E-state index in [-0.39, 0.29) is 39.1 Å². The summed E-state index contributed by atoms with van der Waals surface area (Å²) in [5, 5.41) is 67.2. The summed E-state index contributed by atoms with van der Waals surface area (Å²) in [4.78, 5) is 80.1. The van der Waals surface area contributed by atoms with E-state index < -0.39 is 123 Å². The third-order valence-electron chi connectivity index (χ3n) is 8.05. The Kier molecular flexibility index (Phi) is 16.0. The molecule has 3 aliphatic heterocycles. The van der Waals surface area contributed by atoms with Crippen LogP contribution >= 0.6 is 0 Å². The molecule has 0 aromatic carbocycles. The average molecular weight is 738 g/mol. The zero-order valence-corrected chi connectivity index (χ0v) is 28.3.